The molecule has 0 aliphatic heterocycles. The summed E-state index contributed by atoms with van der Waals surface area (Å²) < 4.78 is 10.6. The first-order valence-corrected chi connectivity index (χ1v) is 4.87. The van der Waals surface area contributed by atoms with E-state index in [1.165, 1.54) is 0 Å². The minimum Gasteiger partial charge on any atom is -0.377 e. The van der Waals surface area contributed by atoms with Gasteiger partial charge in [0.15, 0.2) is 5.34 Å². The molecular formula is C5H12NO5P. The van der Waals surface area contributed by atoms with Gasteiger partial charge < -0.3 is 20.2 Å². The van der Waals surface area contributed by atoms with Crippen molar-refractivity contribution < 1.29 is 24.3 Å². The van der Waals surface area contributed by atoms with E-state index >= 15 is 0 Å². The lowest BCUT2D eigenvalue weighted by Gasteiger charge is -2.23. The van der Waals surface area contributed by atoms with Crippen LogP contribution in [0, 0.1) is 0 Å². The van der Waals surface area contributed by atoms with Gasteiger partial charge in [-0.2, -0.15) is 0 Å². The van der Waals surface area contributed by atoms with Crippen molar-refractivity contribution in [3.63, 3.8) is 0 Å². The largest absolute Gasteiger partial charge is 0.377 e. The van der Waals surface area contributed by atoms with Gasteiger partial charge in [0.25, 0.3) is 0 Å². The number of aliphatic hydroxyl groups is 1. The monoisotopic (exact) mass is 197 g/mol. The average Bonchev–Trinajstić information content (AvgIpc) is 1.85. The second-order valence-corrected chi connectivity index (χ2v) is 4.63. The van der Waals surface area contributed by atoms with E-state index in [4.69, 9.17) is 14.9 Å². The Hall–Kier alpha value is -0.420. The van der Waals surface area contributed by atoms with Crippen LogP contribution < -0.4 is 5.32 Å². The van der Waals surface area contributed by atoms with Crippen LogP contribution in [0.4, 0.5) is 0 Å². The minimum absolute atomic E-state index is 0.0294. The molecule has 1 atom stereocenters. The van der Waals surface area contributed by atoms with Gasteiger partial charge in [0.1, 0.15) is 0 Å². The molecule has 0 fully saturated rings. The highest BCUT2D eigenvalue weighted by atomic mass is 31.2. The summed E-state index contributed by atoms with van der Waals surface area (Å²) in [7, 11) is -4.51. The summed E-state index contributed by atoms with van der Waals surface area (Å²) in [5.74, 6) is 0. The first-order chi connectivity index (χ1) is 5.31. The first-order valence-electron chi connectivity index (χ1n) is 3.26. The second-order valence-electron chi connectivity index (χ2n) is 2.58. The number of hydrogen-bond acceptors (Lipinski definition) is 3. The summed E-state index contributed by atoms with van der Waals surface area (Å²) in [5.41, 5.74) is 0. The molecule has 0 bridgehead atoms. The highest BCUT2D eigenvalue weighted by Gasteiger charge is 2.39. The molecule has 1 unspecified atom stereocenters. The molecule has 0 aromatic carbocycles. The fourth-order valence-electron chi connectivity index (χ4n) is 0.514. The fourth-order valence-corrected chi connectivity index (χ4v) is 0.917. The highest BCUT2D eigenvalue weighted by molar-refractivity contribution is 7.53. The van der Waals surface area contributed by atoms with Crippen molar-refractivity contribution in [3.8, 4) is 0 Å². The van der Waals surface area contributed by atoms with Gasteiger partial charge in [0.05, 0.1) is 0 Å². The van der Waals surface area contributed by atoms with Crippen LogP contribution in [-0.2, 0) is 9.36 Å². The molecule has 4 N–H and O–H groups in total. The van der Waals surface area contributed by atoms with Crippen LogP contribution >= 0.6 is 7.60 Å². The summed E-state index contributed by atoms with van der Waals surface area (Å²) >= 11 is 0. The lowest BCUT2D eigenvalue weighted by atomic mass is 10.3. The maximum Gasteiger partial charge on any atom is 0.356 e. The van der Waals surface area contributed by atoms with Crippen molar-refractivity contribution in [1.82, 2.24) is 5.32 Å². The first kappa shape index (κ1) is 11.6. The van der Waals surface area contributed by atoms with Gasteiger partial charge in [-0.1, -0.05) is 0 Å². The summed E-state index contributed by atoms with van der Waals surface area (Å²) in [6, 6.07) is 0. The number of hydrogen-bond donors (Lipinski definition) is 4. The minimum atomic E-state index is -4.51. The van der Waals surface area contributed by atoms with E-state index in [-0.39, 0.29) is 13.0 Å². The highest BCUT2D eigenvalue weighted by Crippen LogP contribution is 2.50. The van der Waals surface area contributed by atoms with Gasteiger partial charge >= 0.3 is 7.60 Å². The van der Waals surface area contributed by atoms with Gasteiger partial charge in [-0.05, 0) is 6.92 Å². The maximum atomic E-state index is 10.6. The molecule has 0 saturated carbocycles. The van der Waals surface area contributed by atoms with Gasteiger partial charge in [0.2, 0.25) is 6.41 Å². The average molecular weight is 197 g/mol. The molecule has 0 aliphatic rings. The van der Waals surface area contributed by atoms with E-state index in [0.717, 1.165) is 6.92 Å². The topological polar surface area (TPSA) is 107 Å². The Morgan fingerprint density at radius 3 is 2.42 bits per heavy atom. The molecule has 0 aliphatic carbocycles. The molecule has 6 nitrogen and oxygen atoms in total. The zero-order chi connectivity index (χ0) is 9.83. The molecule has 0 aromatic rings. The molecule has 72 valence electrons. The Balaban J connectivity index is 4.05. The third-order valence-electron chi connectivity index (χ3n) is 1.45. The molecule has 0 saturated heterocycles. The van der Waals surface area contributed by atoms with Crippen molar-refractivity contribution in [2.24, 2.45) is 0 Å². The van der Waals surface area contributed by atoms with Crippen LogP contribution in [0.15, 0.2) is 0 Å². The van der Waals surface area contributed by atoms with E-state index in [1.807, 2.05) is 0 Å². The van der Waals surface area contributed by atoms with Gasteiger partial charge in [-0.15, -0.1) is 0 Å². The van der Waals surface area contributed by atoms with Gasteiger partial charge in [0, 0.05) is 13.0 Å². The molecule has 7 heteroatoms. The Morgan fingerprint density at radius 1 is 1.58 bits per heavy atom. The molecule has 1 amide bonds. The van der Waals surface area contributed by atoms with E-state index in [0.29, 0.717) is 6.41 Å². The van der Waals surface area contributed by atoms with E-state index < -0.39 is 12.9 Å². The predicted octanol–water partition coefficient (Wildman–Crippen LogP) is -0.991. The van der Waals surface area contributed by atoms with Crippen LogP contribution in [0.2, 0.25) is 0 Å². The zero-order valence-corrected chi connectivity index (χ0v) is 7.49. The standard InChI is InChI=1S/C5H12NO5P/c1-5(8,12(9,10)11)2-3-6-4-7/h4,8H,2-3H2,1H3,(H,6,7)(H2,9,10,11). The molecule has 0 aromatic heterocycles. The van der Waals surface area contributed by atoms with Crippen molar-refractivity contribution in [2.45, 2.75) is 18.7 Å². The number of carbonyl (C=O) groups is 1. The maximum absolute atomic E-state index is 10.6. The predicted molar refractivity (Wildman–Crippen MR) is 41.4 cm³/mol. The summed E-state index contributed by atoms with van der Waals surface area (Å²) in [4.78, 5) is 26.9. The Morgan fingerprint density at radius 2 is 2.08 bits per heavy atom. The number of amides is 1. The number of rotatable bonds is 5. The molecule has 0 spiro atoms. The molecule has 0 radical (unpaired) electrons. The van der Waals surface area contributed by atoms with Gasteiger partial charge in [-0.3, -0.25) is 9.36 Å². The normalized spacial score (nSPS) is 16.7. The second kappa shape index (κ2) is 4.00. The third kappa shape index (κ3) is 3.32. The Kier molecular flexibility index (Phi) is 3.86. The van der Waals surface area contributed by atoms with Crippen LogP contribution in [0.25, 0.3) is 0 Å². The van der Waals surface area contributed by atoms with Crippen LogP contribution in [0.3, 0.4) is 0 Å². The Labute approximate surface area is 69.8 Å². The van der Waals surface area contributed by atoms with Crippen molar-refractivity contribution in [1.29, 1.82) is 0 Å². The zero-order valence-electron chi connectivity index (χ0n) is 6.60. The van der Waals surface area contributed by atoms with E-state index in [2.05, 4.69) is 5.32 Å². The van der Waals surface area contributed by atoms with Crippen molar-refractivity contribution in [2.75, 3.05) is 6.54 Å². The van der Waals surface area contributed by atoms with E-state index in [9.17, 15) is 9.36 Å². The number of carbonyl (C=O) groups excluding carboxylic acids is 1. The Bertz CT molecular complexity index is 198. The SMILES string of the molecule is CC(O)(CCNC=O)P(=O)(O)O. The third-order valence-corrected chi connectivity index (χ3v) is 2.93. The lowest BCUT2D eigenvalue weighted by Crippen LogP contribution is -2.29. The van der Waals surface area contributed by atoms with Crippen molar-refractivity contribution in [3.05, 3.63) is 0 Å². The van der Waals surface area contributed by atoms with Crippen molar-refractivity contribution >= 4 is 14.0 Å². The lowest BCUT2D eigenvalue weighted by molar-refractivity contribution is -0.109. The molecule has 0 heterocycles. The number of nitrogens with one attached hydrogen (secondary N) is 1. The quantitative estimate of drug-likeness (QED) is 0.257. The molecule has 12 heavy (non-hydrogen) atoms. The summed E-state index contributed by atoms with van der Waals surface area (Å²) in [5, 5.41) is 9.28. The van der Waals surface area contributed by atoms with Gasteiger partial charge in [-0.25, -0.2) is 0 Å². The van der Waals surface area contributed by atoms with E-state index in [1.54, 1.807) is 0 Å². The molecular weight excluding hydrogens is 185 g/mol. The molecule has 0 rings (SSSR count). The van der Waals surface area contributed by atoms with Crippen LogP contribution in [0.1, 0.15) is 13.3 Å². The smallest absolute Gasteiger partial charge is 0.356 e. The summed E-state index contributed by atoms with van der Waals surface area (Å²) in [6.45, 7) is 1.06. The van der Waals surface area contributed by atoms with Crippen LogP contribution in [-0.4, -0.2) is 33.2 Å². The van der Waals surface area contributed by atoms with Crippen LogP contribution in [0.5, 0.6) is 0 Å². The fraction of sp³-hybridized carbons (Fsp3) is 0.800. The summed E-state index contributed by atoms with van der Waals surface area (Å²) in [6.07, 6.45) is 0.214.